The van der Waals surface area contributed by atoms with Crippen molar-refractivity contribution < 1.29 is 0 Å². The lowest BCUT2D eigenvalue weighted by atomic mass is 9.98. The van der Waals surface area contributed by atoms with E-state index in [2.05, 4.69) is 60.7 Å². The van der Waals surface area contributed by atoms with Crippen LogP contribution in [0.1, 0.15) is 6.42 Å². The van der Waals surface area contributed by atoms with Gasteiger partial charge in [0.25, 0.3) is 0 Å². The SMILES string of the molecule is C1=CCC2=c3c(ccc4ccccc34)=CC2=C1. The largest absolute Gasteiger partial charge is 0.0801 e. The predicted octanol–water partition coefficient (Wildman–Crippen LogP) is 2.67. The van der Waals surface area contributed by atoms with Crippen LogP contribution in [-0.2, 0) is 0 Å². The first-order valence-corrected chi connectivity index (χ1v) is 6.03. The zero-order valence-electron chi connectivity index (χ0n) is 9.48. The van der Waals surface area contributed by atoms with Crippen molar-refractivity contribution in [2.45, 2.75) is 6.42 Å². The summed E-state index contributed by atoms with van der Waals surface area (Å²) < 4.78 is 0. The van der Waals surface area contributed by atoms with E-state index in [1.807, 2.05) is 0 Å². The van der Waals surface area contributed by atoms with Gasteiger partial charge in [-0.2, -0.15) is 0 Å². The van der Waals surface area contributed by atoms with Gasteiger partial charge in [-0.15, -0.1) is 0 Å². The maximum Gasteiger partial charge on any atom is -0.00640 e. The standard InChI is InChI=1S/C17H12/c1-3-7-15-12(5-1)9-10-14-11-13-6-2-4-8-16(13)17(14)15/h1-7,9-11H,8H2. The van der Waals surface area contributed by atoms with Crippen LogP contribution in [0.15, 0.2) is 60.2 Å². The molecule has 0 nitrogen and oxygen atoms in total. The molecular formula is C17H12. The molecule has 4 rings (SSSR count). The van der Waals surface area contributed by atoms with Gasteiger partial charge in [0.15, 0.2) is 0 Å². The van der Waals surface area contributed by atoms with E-state index in [1.165, 1.54) is 32.4 Å². The van der Waals surface area contributed by atoms with Crippen LogP contribution in [-0.4, -0.2) is 0 Å². The molecule has 0 spiro atoms. The lowest BCUT2D eigenvalue weighted by Gasteiger charge is -2.06. The number of hydrogen-bond acceptors (Lipinski definition) is 0. The maximum atomic E-state index is 2.31. The van der Waals surface area contributed by atoms with E-state index < -0.39 is 0 Å². The third-order valence-electron chi connectivity index (χ3n) is 3.66. The Balaban J connectivity index is 2.29. The van der Waals surface area contributed by atoms with Gasteiger partial charge in [0.05, 0.1) is 0 Å². The summed E-state index contributed by atoms with van der Waals surface area (Å²) in [6.07, 6.45) is 9.98. The minimum atomic E-state index is 1.06. The first kappa shape index (κ1) is 9.00. The molecule has 2 aliphatic rings. The van der Waals surface area contributed by atoms with Crippen LogP contribution >= 0.6 is 0 Å². The lowest BCUT2D eigenvalue weighted by molar-refractivity contribution is 1.37. The van der Waals surface area contributed by atoms with E-state index in [0.29, 0.717) is 0 Å². The van der Waals surface area contributed by atoms with E-state index in [-0.39, 0.29) is 0 Å². The summed E-state index contributed by atoms with van der Waals surface area (Å²) in [4.78, 5) is 0. The molecule has 0 bridgehead atoms. The number of rotatable bonds is 0. The predicted molar refractivity (Wildman–Crippen MR) is 72.9 cm³/mol. The van der Waals surface area contributed by atoms with Crippen LogP contribution in [0.3, 0.4) is 0 Å². The summed E-state index contributed by atoms with van der Waals surface area (Å²) in [6.45, 7) is 0. The van der Waals surface area contributed by atoms with Crippen LogP contribution < -0.4 is 10.4 Å². The molecule has 0 heterocycles. The molecule has 0 saturated heterocycles. The van der Waals surface area contributed by atoms with Gasteiger partial charge in [-0.1, -0.05) is 54.6 Å². The van der Waals surface area contributed by atoms with E-state index in [9.17, 15) is 0 Å². The number of fused-ring (bicyclic) bond motifs is 4. The van der Waals surface area contributed by atoms with Gasteiger partial charge in [0.1, 0.15) is 0 Å². The second kappa shape index (κ2) is 3.21. The van der Waals surface area contributed by atoms with Crippen molar-refractivity contribution >= 4 is 22.4 Å². The highest BCUT2D eigenvalue weighted by Gasteiger charge is 2.13. The van der Waals surface area contributed by atoms with Gasteiger partial charge >= 0.3 is 0 Å². The monoisotopic (exact) mass is 216 g/mol. The Morgan fingerprint density at radius 3 is 2.88 bits per heavy atom. The fraction of sp³-hybridized carbons (Fsp3) is 0.0588. The average Bonchev–Trinajstić information content (AvgIpc) is 2.77. The lowest BCUT2D eigenvalue weighted by Crippen LogP contribution is -2.23. The third kappa shape index (κ3) is 1.18. The molecule has 0 saturated carbocycles. The van der Waals surface area contributed by atoms with Crippen LogP contribution in [0, 0.1) is 0 Å². The van der Waals surface area contributed by atoms with Crippen LogP contribution in [0.4, 0.5) is 0 Å². The molecule has 0 aliphatic heterocycles. The Kier molecular flexibility index (Phi) is 1.70. The number of benzene rings is 2. The normalized spacial score (nSPS) is 16.5. The van der Waals surface area contributed by atoms with E-state index in [1.54, 1.807) is 0 Å². The van der Waals surface area contributed by atoms with Crippen LogP contribution in [0.5, 0.6) is 0 Å². The zero-order valence-corrected chi connectivity index (χ0v) is 9.48. The molecular weight excluding hydrogens is 204 g/mol. The van der Waals surface area contributed by atoms with Crippen molar-refractivity contribution in [3.63, 3.8) is 0 Å². The molecule has 0 fully saturated rings. The van der Waals surface area contributed by atoms with E-state index >= 15 is 0 Å². The summed E-state index contributed by atoms with van der Waals surface area (Å²) in [5.41, 5.74) is 2.87. The Labute approximate surface area is 99.9 Å². The smallest absolute Gasteiger partial charge is 0.00640 e. The number of allylic oxidation sites excluding steroid dienone is 4. The highest BCUT2D eigenvalue weighted by atomic mass is 14.2. The van der Waals surface area contributed by atoms with Gasteiger partial charge in [-0.3, -0.25) is 0 Å². The third-order valence-corrected chi connectivity index (χ3v) is 3.66. The Hall–Kier alpha value is -2.08. The minimum Gasteiger partial charge on any atom is -0.0801 e. The van der Waals surface area contributed by atoms with Gasteiger partial charge in [-0.25, -0.2) is 0 Å². The summed E-state index contributed by atoms with van der Waals surface area (Å²) in [5.74, 6) is 0. The average molecular weight is 216 g/mol. The molecule has 0 atom stereocenters. The molecule has 0 amide bonds. The highest BCUT2D eigenvalue weighted by molar-refractivity contribution is 5.93. The summed E-state index contributed by atoms with van der Waals surface area (Å²) >= 11 is 0. The van der Waals surface area contributed by atoms with Crippen molar-refractivity contribution in [2.75, 3.05) is 0 Å². The van der Waals surface area contributed by atoms with Crippen LogP contribution in [0.25, 0.3) is 22.4 Å². The fourth-order valence-electron chi connectivity index (χ4n) is 2.87. The Morgan fingerprint density at radius 1 is 0.941 bits per heavy atom. The first-order valence-electron chi connectivity index (χ1n) is 6.03. The highest BCUT2D eigenvalue weighted by Crippen LogP contribution is 2.24. The number of hydrogen-bond donors (Lipinski definition) is 0. The van der Waals surface area contributed by atoms with E-state index in [0.717, 1.165) is 6.42 Å². The molecule has 0 N–H and O–H groups in total. The molecule has 2 aromatic carbocycles. The molecule has 0 aromatic heterocycles. The van der Waals surface area contributed by atoms with E-state index in [4.69, 9.17) is 0 Å². The Bertz CT molecular complexity index is 802. The van der Waals surface area contributed by atoms with Gasteiger partial charge in [0.2, 0.25) is 0 Å². The van der Waals surface area contributed by atoms with Crippen molar-refractivity contribution in [2.24, 2.45) is 0 Å². The van der Waals surface area contributed by atoms with Crippen molar-refractivity contribution in [1.29, 1.82) is 0 Å². The fourth-order valence-corrected chi connectivity index (χ4v) is 2.87. The second-order valence-electron chi connectivity index (χ2n) is 4.63. The van der Waals surface area contributed by atoms with Crippen molar-refractivity contribution in [1.82, 2.24) is 0 Å². The quantitative estimate of drug-likeness (QED) is 0.635. The molecule has 80 valence electrons. The summed E-state index contributed by atoms with van der Waals surface area (Å²) in [5, 5.41) is 5.53. The van der Waals surface area contributed by atoms with Crippen molar-refractivity contribution in [3.05, 3.63) is 70.6 Å². The molecule has 0 heteroatoms. The molecule has 0 unspecified atom stereocenters. The first-order chi connectivity index (χ1) is 8.43. The maximum absolute atomic E-state index is 2.31. The molecule has 0 radical (unpaired) electrons. The minimum absolute atomic E-state index is 1.06. The van der Waals surface area contributed by atoms with Gasteiger partial charge < -0.3 is 0 Å². The molecule has 2 aliphatic carbocycles. The zero-order chi connectivity index (χ0) is 11.2. The van der Waals surface area contributed by atoms with Gasteiger partial charge in [0, 0.05) is 0 Å². The topological polar surface area (TPSA) is 0 Å². The molecule has 17 heavy (non-hydrogen) atoms. The second-order valence-corrected chi connectivity index (χ2v) is 4.63. The molecule has 2 aromatic rings. The summed E-state index contributed by atoms with van der Waals surface area (Å²) in [6, 6.07) is 13.1. The van der Waals surface area contributed by atoms with Crippen LogP contribution in [0.2, 0.25) is 0 Å². The van der Waals surface area contributed by atoms with Gasteiger partial charge in [-0.05, 0) is 44.9 Å². The Morgan fingerprint density at radius 2 is 1.88 bits per heavy atom. The summed E-state index contributed by atoms with van der Waals surface area (Å²) in [7, 11) is 0. The van der Waals surface area contributed by atoms with Crippen molar-refractivity contribution in [3.8, 4) is 0 Å².